The van der Waals surface area contributed by atoms with Crippen molar-refractivity contribution in [2.75, 3.05) is 6.54 Å². The van der Waals surface area contributed by atoms with Crippen molar-refractivity contribution in [3.8, 4) is 0 Å². The maximum Gasteiger partial charge on any atom is 0.0931 e. The number of hydrogen-bond donors (Lipinski definition) is 1. The van der Waals surface area contributed by atoms with Gasteiger partial charge in [0.15, 0.2) is 0 Å². The van der Waals surface area contributed by atoms with E-state index in [0.717, 1.165) is 22.3 Å². The fourth-order valence-corrected chi connectivity index (χ4v) is 3.27. The number of rotatable bonds is 5. The van der Waals surface area contributed by atoms with Gasteiger partial charge >= 0.3 is 0 Å². The van der Waals surface area contributed by atoms with Crippen molar-refractivity contribution in [3.63, 3.8) is 0 Å². The van der Waals surface area contributed by atoms with E-state index in [9.17, 15) is 0 Å². The lowest BCUT2D eigenvalue weighted by atomic mass is 10.0. The second kappa shape index (κ2) is 6.58. The summed E-state index contributed by atoms with van der Waals surface area (Å²) in [7, 11) is 0. The minimum Gasteiger partial charge on any atom is -0.310 e. The normalized spacial score (nSPS) is 12.6. The van der Waals surface area contributed by atoms with Crippen LogP contribution in [0.1, 0.15) is 23.4 Å². The lowest BCUT2D eigenvalue weighted by molar-refractivity contribution is 0.553. The molecule has 96 valence electrons. The molecule has 0 amide bonds. The molecule has 0 aliphatic rings. The molecule has 1 aromatic carbocycles. The highest BCUT2D eigenvalue weighted by molar-refractivity contribution is 7.16. The number of nitrogens with one attached hydrogen (secondary N) is 1. The molecule has 1 heterocycles. The molecule has 0 aliphatic carbocycles. The van der Waals surface area contributed by atoms with E-state index in [1.165, 1.54) is 10.4 Å². The van der Waals surface area contributed by atoms with Crippen LogP contribution in [0, 0.1) is 0 Å². The summed E-state index contributed by atoms with van der Waals surface area (Å²) in [6.07, 6.45) is 0.936. The molecule has 0 spiro atoms. The van der Waals surface area contributed by atoms with Gasteiger partial charge in [-0.05, 0) is 36.4 Å². The second-order valence-electron chi connectivity index (χ2n) is 4.08. The Hall–Kier alpha value is -0.540. The maximum absolute atomic E-state index is 6.05. The van der Waals surface area contributed by atoms with Gasteiger partial charge in [0, 0.05) is 22.4 Å². The third-order valence-corrected chi connectivity index (χ3v) is 4.22. The van der Waals surface area contributed by atoms with Crippen molar-refractivity contribution in [2.45, 2.75) is 19.4 Å². The second-order valence-corrected chi connectivity index (χ2v) is 6.31. The van der Waals surface area contributed by atoms with Crippen LogP contribution >= 0.6 is 34.5 Å². The molecular formula is C14H15Cl2NS. The number of thiophene rings is 1. The van der Waals surface area contributed by atoms with E-state index in [2.05, 4.69) is 24.4 Å². The van der Waals surface area contributed by atoms with Crippen molar-refractivity contribution in [1.29, 1.82) is 0 Å². The molecule has 18 heavy (non-hydrogen) atoms. The molecule has 0 bridgehead atoms. The fourth-order valence-electron chi connectivity index (χ4n) is 1.94. The molecule has 1 nitrogen and oxygen atoms in total. The molecule has 1 atom stereocenters. The monoisotopic (exact) mass is 299 g/mol. The summed E-state index contributed by atoms with van der Waals surface area (Å²) in [6.45, 7) is 3.04. The van der Waals surface area contributed by atoms with Gasteiger partial charge in [-0.2, -0.15) is 0 Å². The largest absolute Gasteiger partial charge is 0.310 e. The van der Waals surface area contributed by atoms with Gasteiger partial charge in [0.1, 0.15) is 0 Å². The van der Waals surface area contributed by atoms with Crippen molar-refractivity contribution in [3.05, 3.63) is 56.2 Å². The number of likely N-dealkylation sites (N-methyl/N-ethyl adjacent to an activating group) is 1. The minimum atomic E-state index is 0.281. The zero-order valence-corrected chi connectivity index (χ0v) is 12.4. The topological polar surface area (TPSA) is 12.0 Å². The van der Waals surface area contributed by atoms with Gasteiger partial charge in [-0.25, -0.2) is 0 Å². The predicted molar refractivity (Wildman–Crippen MR) is 80.9 cm³/mol. The zero-order valence-electron chi connectivity index (χ0n) is 10.1. The molecular weight excluding hydrogens is 285 g/mol. The Labute approximate surface area is 122 Å². The summed E-state index contributed by atoms with van der Waals surface area (Å²) < 4.78 is 0.839. The predicted octanol–water partition coefficient (Wildman–Crippen LogP) is 4.95. The molecule has 2 rings (SSSR count). The number of benzene rings is 1. The van der Waals surface area contributed by atoms with Crippen molar-refractivity contribution in [2.24, 2.45) is 0 Å². The van der Waals surface area contributed by atoms with Crippen LogP contribution in [0.25, 0.3) is 0 Å². The molecule has 0 saturated carbocycles. The highest BCUT2D eigenvalue weighted by Gasteiger charge is 2.12. The lowest BCUT2D eigenvalue weighted by Crippen LogP contribution is -2.22. The van der Waals surface area contributed by atoms with Crippen LogP contribution in [0.3, 0.4) is 0 Å². The fraction of sp³-hybridized carbons (Fsp3) is 0.286. The smallest absolute Gasteiger partial charge is 0.0931 e. The van der Waals surface area contributed by atoms with E-state index in [4.69, 9.17) is 23.2 Å². The molecule has 1 unspecified atom stereocenters. The van der Waals surface area contributed by atoms with E-state index < -0.39 is 0 Å². The van der Waals surface area contributed by atoms with Gasteiger partial charge < -0.3 is 5.32 Å². The molecule has 1 aromatic heterocycles. The third-order valence-electron chi connectivity index (χ3n) is 2.74. The van der Waals surface area contributed by atoms with Gasteiger partial charge in [-0.3, -0.25) is 0 Å². The van der Waals surface area contributed by atoms with Gasteiger partial charge in [-0.15, -0.1) is 11.3 Å². The standard InChI is InChI=1S/C14H15Cl2NS/c1-2-17-13(9-12-6-7-14(16)18-12)10-4-3-5-11(15)8-10/h3-8,13,17H,2,9H2,1H3. The summed E-state index contributed by atoms with van der Waals surface area (Å²) in [6, 6.07) is 12.3. The van der Waals surface area contributed by atoms with Crippen LogP contribution in [0.4, 0.5) is 0 Å². The maximum atomic E-state index is 6.05. The van der Waals surface area contributed by atoms with Crippen LogP contribution in [-0.4, -0.2) is 6.54 Å². The molecule has 0 aliphatic heterocycles. The summed E-state index contributed by atoms with van der Waals surface area (Å²) in [5.74, 6) is 0. The Morgan fingerprint density at radius 2 is 2.06 bits per heavy atom. The average molecular weight is 300 g/mol. The van der Waals surface area contributed by atoms with E-state index in [-0.39, 0.29) is 6.04 Å². The van der Waals surface area contributed by atoms with E-state index in [1.807, 2.05) is 24.3 Å². The molecule has 2 aromatic rings. The third kappa shape index (κ3) is 3.72. The van der Waals surface area contributed by atoms with Gasteiger partial charge in [-0.1, -0.05) is 42.3 Å². The first-order valence-corrected chi connectivity index (χ1v) is 7.49. The van der Waals surface area contributed by atoms with Crippen molar-refractivity contribution in [1.82, 2.24) is 5.32 Å². The Bertz CT molecular complexity index is 510. The van der Waals surface area contributed by atoms with Crippen LogP contribution in [0.2, 0.25) is 9.36 Å². The van der Waals surface area contributed by atoms with Gasteiger partial charge in [0.25, 0.3) is 0 Å². The lowest BCUT2D eigenvalue weighted by Gasteiger charge is -2.17. The molecule has 0 saturated heterocycles. The first-order chi connectivity index (χ1) is 8.69. The first-order valence-electron chi connectivity index (χ1n) is 5.92. The summed E-state index contributed by atoms with van der Waals surface area (Å²) in [5.41, 5.74) is 1.22. The van der Waals surface area contributed by atoms with Crippen molar-refractivity contribution >= 4 is 34.5 Å². The summed E-state index contributed by atoms with van der Waals surface area (Å²) >= 11 is 13.7. The molecule has 0 radical (unpaired) electrons. The Morgan fingerprint density at radius 1 is 1.22 bits per heavy atom. The first kappa shape index (κ1) is 13.9. The van der Waals surface area contributed by atoms with Crippen molar-refractivity contribution < 1.29 is 0 Å². The van der Waals surface area contributed by atoms with Gasteiger partial charge in [0.05, 0.1) is 4.34 Å². The van der Waals surface area contributed by atoms with Crippen LogP contribution in [0.5, 0.6) is 0 Å². The van der Waals surface area contributed by atoms with Crippen LogP contribution in [0.15, 0.2) is 36.4 Å². The van der Waals surface area contributed by atoms with Crippen LogP contribution in [-0.2, 0) is 6.42 Å². The highest BCUT2D eigenvalue weighted by Crippen LogP contribution is 2.27. The Balaban J connectivity index is 2.17. The molecule has 1 N–H and O–H groups in total. The summed E-state index contributed by atoms with van der Waals surface area (Å²) in [4.78, 5) is 1.28. The average Bonchev–Trinajstić information content (AvgIpc) is 2.74. The van der Waals surface area contributed by atoms with E-state index in [1.54, 1.807) is 11.3 Å². The van der Waals surface area contributed by atoms with Gasteiger partial charge in [0.2, 0.25) is 0 Å². The Kier molecular flexibility index (Phi) is 5.07. The molecule has 4 heteroatoms. The Morgan fingerprint density at radius 3 is 2.67 bits per heavy atom. The quantitative estimate of drug-likeness (QED) is 0.824. The van der Waals surface area contributed by atoms with E-state index >= 15 is 0 Å². The number of halogens is 2. The number of hydrogen-bond acceptors (Lipinski definition) is 2. The van der Waals surface area contributed by atoms with E-state index in [0.29, 0.717) is 0 Å². The molecule has 0 fully saturated rings. The summed E-state index contributed by atoms with van der Waals surface area (Å²) in [5, 5.41) is 4.27. The minimum absolute atomic E-state index is 0.281. The zero-order chi connectivity index (χ0) is 13.0. The van der Waals surface area contributed by atoms with Crippen LogP contribution < -0.4 is 5.32 Å². The highest BCUT2D eigenvalue weighted by atomic mass is 35.5. The SMILES string of the molecule is CCNC(Cc1ccc(Cl)s1)c1cccc(Cl)c1.